The highest BCUT2D eigenvalue weighted by Crippen LogP contribution is 2.27. The second-order valence-electron chi connectivity index (χ2n) is 7.76. The molecule has 0 aliphatic carbocycles. The molecular weight excluding hydrogens is 362 g/mol. The number of hydrogen-bond donors (Lipinski definition) is 3. The minimum atomic E-state index is -0.558. The molecule has 28 heavy (non-hydrogen) atoms. The lowest BCUT2D eigenvalue weighted by Gasteiger charge is -2.35. The number of amides is 2. The number of nitrogens with one attached hydrogen (secondary N) is 2. The lowest BCUT2D eigenvalue weighted by Crippen LogP contribution is -2.56. The van der Waals surface area contributed by atoms with Crippen molar-refractivity contribution >= 4 is 11.8 Å². The Hall–Kier alpha value is -2.32. The SMILES string of the molecule is COc1ccc(CN2CCNC(=O)[C@@H]2CC(=O)NCC(C)(C)CO)c(OC)c1. The molecule has 0 radical (unpaired) electrons. The van der Waals surface area contributed by atoms with E-state index in [0.717, 1.165) is 5.56 Å². The number of carbonyl (C=O) groups excluding carboxylic acids is 2. The van der Waals surface area contributed by atoms with Crippen LogP contribution in [0.25, 0.3) is 0 Å². The van der Waals surface area contributed by atoms with Crippen molar-refractivity contribution in [3.63, 3.8) is 0 Å². The van der Waals surface area contributed by atoms with Crippen molar-refractivity contribution in [2.45, 2.75) is 32.9 Å². The van der Waals surface area contributed by atoms with E-state index >= 15 is 0 Å². The van der Waals surface area contributed by atoms with Crippen LogP contribution < -0.4 is 20.1 Å². The molecule has 0 unspecified atom stereocenters. The van der Waals surface area contributed by atoms with Gasteiger partial charge in [-0.1, -0.05) is 19.9 Å². The zero-order valence-corrected chi connectivity index (χ0v) is 17.1. The van der Waals surface area contributed by atoms with Gasteiger partial charge in [0, 0.05) is 49.8 Å². The third kappa shape index (κ3) is 5.84. The zero-order valence-electron chi connectivity index (χ0n) is 17.1. The molecule has 3 N–H and O–H groups in total. The molecule has 2 amide bonds. The molecule has 156 valence electrons. The Kier molecular flexibility index (Phi) is 7.65. The smallest absolute Gasteiger partial charge is 0.237 e. The van der Waals surface area contributed by atoms with E-state index in [1.165, 1.54) is 0 Å². The van der Waals surface area contributed by atoms with Crippen LogP contribution in [0.15, 0.2) is 18.2 Å². The number of aliphatic hydroxyl groups is 1. The van der Waals surface area contributed by atoms with Gasteiger partial charge in [-0.3, -0.25) is 14.5 Å². The highest BCUT2D eigenvalue weighted by atomic mass is 16.5. The summed E-state index contributed by atoms with van der Waals surface area (Å²) >= 11 is 0. The van der Waals surface area contributed by atoms with E-state index in [2.05, 4.69) is 10.6 Å². The highest BCUT2D eigenvalue weighted by molar-refractivity contribution is 5.88. The first-order chi connectivity index (χ1) is 13.3. The summed E-state index contributed by atoms with van der Waals surface area (Å²) in [6.07, 6.45) is 0.0613. The van der Waals surface area contributed by atoms with E-state index in [9.17, 15) is 14.7 Å². The Balaban J connectivity index is 2.08. The fourth-order valence-electron chi connectivity index (χ4n) is 3.02. The third-order valence-electron chi connectivity index (χ3n) is 4.88. The summed E-state index contributed by atoms with van der Waals surface area (Å²) < 4.78 is 10.7. The molecule has 0 bridgehead atoms. The van der Waals surface area contributed by atoms with E-state index < -0.39 is 11.5 Å². The van der Waals surface area contributed by atoms with Crippen molar-refractivity contribution in [1.29, 1.82) is 0 Å². The lowest BCUT2D eigenvalue weighted by atomic mass is 9.95. The second kappa shape index (κ2) is 9.75. The maximum atomic E-state index is 12.4. The largest absolute Gasteiger partial charge is 0.497 e. The number of rotatable bonds is 9. The first-order valence-electron chi connectivity index (χ1n) is 9.40. The van der Waals surface area contributed by atoms with Crippen LogP contribution in [-0.4, -0.2) is 68.3 Å². The van der Waals surface area contributed by atoms with Crippen LogP contribution in [0.1, 0.15) is 25.8 Å². The standard InChI is InChI=1S/C20H31N3O5/c1-20(2,13-24)12-22-18(25)10-16-19(26)21-7-8-23(16)11-14-5-6-15(27-3)9-17(14)28-4/h5-6,9,16,24H,7-8,10-13H2,1-4H3,(H,21,26)(H,22,25)/t16-/m0/s1. The summed E-state index contributed by atoms with van der Waals surface area (Å²) in [6, 6.07) is 5.00. The predicted molar refractivity (Wildman–Crippen MR) is 105 cm³/mol. The van der Waals surface area contributed by atoms with Crippen LogP contribution in [0.3, 0.4) is 0 Å². The molecule has 1 aliphatic rings. The molecule has 1 fully saturated rings. The zero-order chi connectivity index (χ0) is 20.7. The number of piperazine rings is 1. The average molecular weight is 393 g/mol. The molecule has 1 aromatic carbocycles. The molecular formula is C20H31N3O5. The third-order valence-corrected chi connectivity index (χ3v) is 4.88. The van der Waals surface area contributed by atoms with Crippen molar-refractivity contribution in [2.75, 3.05) is 40.5 Å². The monoisotopic (exact) mass is 393 g/mol. The molecule has 8 nitrogen and oxygen atoms in total. The van der Waals surface area contributed by atoms with Crippen molar-refractivity contribution < 1.29 is 24.2 Å². The first-order valence-corrected chi connectivity index (χ1v) is 9.40. The summed E-state index contributed by atoms with van der Waals surface area (Å²) in [7, 11) is 3.19. The fraction of sp³-hybridized carbons (Fsp3) is 0.600. The number of aliphatic hydroxyl groups excluding tert-OH is 1. The Bertz CT molecular complexity index is 692. The Morgan fingerprint density at radius 2 is 2.11 bits per heavy atom. The molecule has 0 saturated carbocycles. The quantitative estimate of drug-likeness (QED) is 0.566. The van der Waals surface area contributed by atoms with E-state index in [0.29, 0.717) is 37.7 Å². The van der Waals surface area contributed by atoms with Crippen LogP contribution in [0.5, 0.6) is 11.5 Å². The van der Waals surface area contributed by atoms with Crippen molar-refractivity contribution in [1.82, 2.24) is 15.5 Å². The molecule has 2 rings (SSSR count). The minimum absolute atomic E-state index is 0.0272. The van der Waals surface area contributed by atoms with Crippen LogP contribution in [0.2, 0.25) is 0 Å². The molecule has 1 heterocycles. The first kappa shape index (κ1) is 22.0. The van der Waals surface area contributed by atoms with Gasteiger partial charge in [-0.25, -0.2) is 0 Å². The normalized spacial score (nSPS) is 17.8. The molecule has 1 atom stereocenters. The van der Waals surface area contributed by atoms with Crippen molar-refractivity contribution in [3.05, 3.63) is 23.8 Å². The maximum absolute atomic E-state index is 12.4. The van der Waals surface area contributed by atoms with Gasteiger partial charge in [-0.15, -0.1) is 0 Å². The second-order valence-corrected chi connectivity index (χ2v) is 7.76. The Labute approximate surface area is 166 Å². The number of carbonyl (C=O) groups is 2. The Morgan fingerprint density at radius 3 is 2.75 bits per heavy atom. The van der Waals surface area contributed by atoms with E-state index in [-0.39, 0.29) is 24.8 Å². The highest BCUT2D eigenvalue weighted by Gasteiger charge is 2.32. The van der Waals surface area contributed by atoms with Crippen LogP contribution in [0.4, 0.5) is 0 Å². The van der Waals surface area contributed by atoms with Gasteiger partial charge >= 0.3 is 0 Å². The van der Waals surface area contributed by atoms with Gasteiger partial charge in [-0.05, 0) is 6.07 Å². The Morgan fingerprint density at radius 1 is 1.36 bits per heavy atom. The lowest BCUT2D eigenvalue weighted by molar-refractivity contribution is -0.134. The number of ether oxygens (including phenoxy) is 2. The van der Waals surface area contributed by atoms with Gasteiger partial charge in [0.15, 0.2) is 0 Å². The molecule has 0 spiro atoms. The van der Waals surface area contributed by atoms with Crippen LogP contribution in [-0.2, 0) is 16.1 Å². The number of nitrogens with zero attached hydrogens (tertiary/aromatic N) is 1. The van der Waals surface area contributed by atoms with Gasteiger partial charge in [0.25, 0.3) is 0 Å². The summed E-state index contributed by atoms with van der Waals surface area (Å²) in [6.45, 7) is 5.71. The predicted octanol–water partition coefficient (Wildman–Crippen LogP) is 0.529. The molecule has 1 aromatic rings. The van der Waals surface area contributed by atoms with E-state index in [1.54, 1.807) is 20.3 Å². The van der Waals surface area contributed by atoms with Crippen LogP contribution in [0, 0.1) is 5.41 Å². The van der Waals surface area contributed by atoms with Crippen LogP contribution >= 0.6 is 0 Å². The molecule has 0 aromatic heterocycles. The van der Waals surface area contributed by atoms with Crippen molar-refractivity contribution in [3.8, 4) is 11.5 Å². The number of methoxy groups -OCH3 is 2. The molecule has 1 saturated heterocycles. The van der Waals surface area contributed by atoms with Gasteiger partial charge in [0.2, 0.25) is 11.8 Å². The number of benzene rings is 1. The fourth-order valence-corrected chi connectivity index (χ4v) is 3.02. The molecule has 1 aliphatic heterocycles. The minimum Gasteiger partial charge on any atom is -0.497 e. The topological polar surface area (TPSA) is 100 Å². The summed E-state index contributed by atoms with van der Waals surface area (Å²) in [5.74, 6) is 1.00. The number of hydrogen-bond acceptors (Lipinski definition) is 6. The summed E-state index contributed by atoms with van der Waals surface area (Å²) in [4.78, 5) is 26.8. The van der Waals surface area contributed by atoms with Gasteiger partial charge in [-0.2, -0.15) is 0 Å². The van der Waals surface area contributed by atoms with E-state index in [4.69, 9.17) is 9.47 Å². The van der Waals surface area contributed by atoms with E-state index in [1.807, 2.05) is 30.9 Å². The van der Waals surface area contributed by atoms with Gasteiger partial charge in [0.05, 0.1) is 26.7 Å². The maximum Gasteiger partial charge on any atom is 0.237 e. The van der Waals surface area contributed by atoms with Crippen molar-refractivity contribution in [2.24, 2.45) is 5.41 Å². The summed E-state index contributed by atoms with van der Waals surface area (Å²) in [5.41, 5.74) is 0.519. The average Bonchev–Trinajstić information content (AvgIpc) is 2.69. The van der Waals surface area contributed by atoms with Gasteiger partial charge in [0.1, 0.15) is 11.5 Å². The summed E-state index contributed by atoms with van der Waals surface area (Å²) in [5, 5.41) is 15.0. The molecule has 8 heteroatoms. The van der Waals surface area contributed by atoms with Gasteiger partial charge < -0.3 is 25.2 Å².